The van der Waals surface area contributed by atoms with Crippen LogP contribution in [0.2, 0.25) is 0 Å². The zero-order valence-electron chi connectivity index (χ0n) is 15.9. The summed E-state index contributed by atoms with van der Waals surface area (Å²) in [6, 6.07) is 3.15. The van der Waals surface area contributed by atoms with Crippen molar-refractivity contribution in [2.75, 3.05) is 26.2 Å². The van der Waals surface area contributed by atoms with Gasteiger partial charge in [0.2, 0.25) is 0 Å². The van der Waals surface area contributed by atoms with Gasteiger partial charge in [0, 0.05) is 44.1 Å². The Labute approximate surface area is 169 Å². The molecule has 1 fully saturated rings. The Morgan fingerprint density at radius 1 is 1.36 bits per heavy atom. The Hall–Kier alpha value is -0.830. The number of rotatable bonds is 8. The molecule has 7 heteroatoms. The maximum Gasteiger partial charge on any atom is 0.191 e. The van der Waals surface area contributed by atoms with E-state index in [9.17, 15) is 0 Å². The summed E-state index contributed by atoms with van der Waals surface area (Å²) in [4.78, 5) is 7.39. The van der Waals surface area contributed by atoms with Crippen LogP contribution >= 0.6 is 24.0 Å². The minimum absolute atomic E-state index is 0. The van der Waals surface area contributed by atoms with Crippen LogP contribution in [0.1, 0.15) is 46.5 Å². The first kappa shape index (κ1) is 22.2. The molecule has 2 unspecified atom stereocenters. The lowest BCUT2D eigenvalue weighted by atomic mass is 10.0. The molecule has 1 aromatic rings. The van der Waals surface area contributed by atoms with E-state index in [-0.39, 0.29) is 24.0 Å². The van der Waals surface area contributed by atoms with Crippen molar-refractivity contribution in [1.82, 2.24) is 25.3 Å². The number of guanidine groups is 1. The first-order valence-electron chi connectivity index (χ1n) is 9.46. The van der Waals surface area contributed by atoms with E-state index in [0.717, 1.165) is 38.6 Å². The van der Waals surface area contributed by atoms with Gasteiger partial charge in [-0.05, 0) is 52.6 Å². The highest BCUT2D eigenvalue weighted by Gasteiger charge is 2.22. The molecule has 0 aromatic carbocycles. The maximum atomic E-state index is 4.79. The highest BCUT2D eigenvalue weighted by molar-refractivity contribution is 14.0. The van der Waals surface area contributed by atoms with Crippen molar-refractivity contribution in [3.63, 3.8) is 0 Å². The van der Waals surface area contributed by atoms with Crippen molar-refractivity contribution in [2.45, 2.75) is 65.1 Å². The maximum absolute atomic E-state index is 4.79. The van der Waals surface area contributed by atoms with E-state index < -0.39 is 0 Å². The minimum atomic E-state index is 0. The Morgan fingerprint density at radius 3 is 2.88 bits per heavy atom. The predicted octanol–water partition coefficient (Wildman–Crippen LogP) is 2.71. The van der Waals surface area contributed by atoms with Crippen LogP contribution in [-0.4, -0.2) is 58.9 Å². The van der Waals surface area contributed by atoms with E-state index in [1.807, 2.05) is 23.1 Å². The molecule has 0 radical (unpaired) electrons. The molecular formula is C18H35IN6. The van der Waals surface area contributed by atoms with Crippen molar-refractivity contribution in [1.29, 1.82) is 0 Å². The van der Waals surface area contributed by atoms with Gasteiger partial charge < -0.3 is 10.6 Å². The largest absolute Gasteiger partial charge is 0.357 e. The summed E-state index contributed by atoms with van der Waals surface area (Å²) < 4.78 is 1.96. The lowest BCUT2D eigenvalue weighted by Crippen LogP contribution is -2.45. The van der Waals surface area contributed by atoms with Crippen LogP contribution < -0.4 is 10.6 Å². The summed E-state index contributed by atoms with van der Waals surface area (Å²) >= 11 is 0. The number of likely N-dealkylation sites (tertiary alicyclic amines) is 1. The predicted molar refractivity (Wildman–Crippen MR) is 116 cm³/mol. The van der Waals surface area contributed by atoms with Gasteiger partial charge in [0.15, 0.2) is 5.96 Å². The van der Waals surface area contributed by atoms with E-state index in [2.05, 4.69) is 41.4 Å². The van der Waals surface area contributed by atoms with Crippen LogP contribution in [0, 0.1) is 0 Å². The Bertz CT molecular complexity index is 476. The zero-order valence-corrected chi connectivity index (χ0v) is 18.3. The third-order valence-electron chi connectivity index (χ3n) is 4.69. The van der Waals surface area contributed by atoms with Crippen molar-refractivity contribution in [3.8, 4) is 0 Å². The van der Waals surface area contributed by atoms with Crippen LogP contribution in [0.15, 0.2) is 23.5 Å². The molecule has 1 aliphatic heterocycles. The number of hydrogen-bond donors (Lipinski definition) is 2. The number of aliphatic imine (C=N–C) groups is 1. The topological polar surface area (TPSA) is 57.5 Å². The Kier molecular flexibility index (Phi) is 11.1. The molecule has 25 heavy (non-hydrogen) atoms. The molecule has 1 aliphatic rings. The van der Waals surface area contributed by atoms with Crippen molar-refractivity contribution < 1.29 is 0 Å². The van der Waals surface area contributed by atoms with E-state index >= 15 is 0 Å². The number of aryl methyl sites for hydroxylation is 1. The number of nitrogens with one attached hydrogen (secondary N) is 2. The smallest absolute Gasteiger partial charge is 0.191 e. The highest BCUT2D eigenvalue weighted by atomic mass is 127. The third-order valence-corrected chi connectivity index (χ3v) is 4.69. The SMILES string of the molecule is CCNC(=NCC(C)N1CCCCC1C)NCCCn1cccn1.I. The van der Waals surface area contributed by atoms with E-state index in [4.69, 9.17) is 4.99 Å². The molecule has 6 nitrogen and oxygen atoms in total. The fourth-order valence-corrected chi connectivity index (χ4v) is 3.33. The van der Waals surface area contributed by atoms with Gasteiger partial charge in [-0.3, -0.25) is 14.6 Å². The molecular weight excluding hydrogens is 427 g/mol. The van der Waals surface area contributed by atoms with E-state index in [1.54, 1.807) is 0 Å². The van der Waals surface area contributed by atoms with Crippen LogP contribution in [0.4, 0.5) is 0 Å². The number of hydrogen-bond acceptors (Lipinski definition) is 3. The van der Waals surface area contributed by atoms with E-state index in [1.165, 1.54) is 25.8 Å². The van der Waals surface area contributed by atoms with Crippen LogP contribution in [0.3, 0.4) is 0 Å². The van der Waals surface area contributed by atoms with Gasteiger partial charge in [0.25, 0.3) is 0 Å². The van der Waals surface area contributed by atoms with Crippen LogP contribution in [-0.2, 0) is 6.54 Å². The minimum Gasteiger partial charge on any atom is -0.357 e. The molecule has 1 saturated heterocycles. The summed E-state index contributed by atoms with van der Waals surface area (Å²) in [5, 5.41) is 11.0. The monoisotopic (exact) mass is 462 g/mol. The first-order valence-corrected chi connectivity index (χ1v) is 9.46. The third kappa shape index (κ3) is 7.94. The molecule has 0 amide bonds. The Morgan fingerprint density at radius 2 is 2.20 bits per heavy atom. The fourth-order valence-electron chi connectivity index (χ4n) is 3.33. The van der Waals surface area contributed by atoms with Crippen LogP contribution in [0.5, 0.6) is 0 Å². The molecule has 2 heterocycles. The quantitative estimate of drug-likeness (QED) is 0.270. The Balaban J connectivity index is 0.00000312. The summed E-state index contributed by atoms with van der Waals surface area (Å²) in [5.41, 5.74) is 0. The second-order valence-corrected chi connectivity index (χ2v) is 6.70. The molecule has 0 spiro atoms. The van der Waals surface area contributed by atoms with Gasteiger partial charge >= 0.3 is 0 Å². The molecule has 1 aromatic heterocycles. The second kappa shape index (κ2) is 12.5. The average molecular weight is 462 g/mol. The van der Waals surface area contributed by atoms with Gasteiger partial charge in [-0.15, -0.1) is 24.0 Å². The van der Waals surface area contributed by atoms with Crippen molar-refractivity contribution in [3.05, 3.63) is 18.5 Å². The second-order valence-electron chi connectivity index (χ2n) is 6.70. The lowest BCUT2D eigenvalue weighted by Gasteiger charge is -2.37. The number of halogens is 1. The number of nitrogens with zero attached hydrogens (tertiary/aromatic N) is 4. The molecule has 0 bridgehead atoms. The summed E-state index contributed by atoms with van der Waals surface area (Å²) in [6.07, 6.45) is 8.87. The summed E-state index contributed by atoms with van der Waals surface area (Å²) in [6.45, 7) is 11.5. The highest BCUT2D eigenvalue weighted by Crippen LogP contribution is 2.19. The van der Waals surface area contributed by atoms with Gasteiger partial charge in [-0.2, -0.15) is 5.10 Å². The van der Waals surface area contributed by atoms with Crippen molar-refractivity contribution >= 4 is 29.9 Å². The molecule has 2 rings (SSSR count). The molecule has 0 saturated carbocycles. The van der Waals surface area contributed by atoms with Crippen LogP contribution in [0.25, 0.3) is 0 Å². The summed E-state index contributed by atoms with van der Waals surface area (Å²) in [7, 11) is 0. The zero-order chi connectivity index (χ0) is 17.2. The molecule has 144 valence electrons. The molecule has 0 aliphatic carbocycles. The van der Waals surface area contributed by atoms with Crippen molar-refractivity contribution in [2.24, 2.45) is 4.99 Å². The number of aromatic nitrogens is 2. The first-order chi connectivity index (χ1) is 11.7. The fraction of sp³-hybridized carbons (Fsp3) is 0.778. The number of piperidine rings is 1. The lowest BCUT2D eigenvalue weighted by molar-refractivity contribution is 0.118. The average Bonchev–Trinajstić information content (AvgIpc) is 3.10. The molecule has 2 N–H and O–H groups in total. The van der Waals surface area contributed by atoms with Gasteiger partial charge in [0.05, 0.1) is 6.54 Å². The standard InChI is InChI=1S/C18H34N6.HI/c1-4-19-18(20-10-7-12-23-13-8-11-22-23)21-15-17(3)24-14-6-5-9-16(24)2;/h8,11,13,16-17H,4-7,9-10,12,14-15H2,1-3H3,(H2,19,20,21);1H. The molecule has 2 atom stereocenters. The van der Waals surface area contributed by atoms with Gasteiger partial charge in [-0.1, -0.05) is 6.42 Å². The van der Waals surface area contributed by atoms with Gasteiger partial charge in [0.1, 0.15) is 0 Å². The van der Waals surface area contributed by atoms with Gasteiger partial charge in [-0.25, -0.2) is 0 Å². The summed E-state index contributed by atoms with van der Waals surface area (Å²) in [5.74, 6) is 0.925. The van der Waals surface area contributed by atoms with E-state index in [0.29, 0.717) is 12.1 Å². The normalized spacial score (nSPS) is 20.0.